The summed E-state index contributed by atoms with van der Waals surface area (Å²) in [6.07, 6.45) is 1.36. The Morgan fingerprint density at radius 1 is 1.31 bits per heavy atom. The predicted octanol–water partition coefficient (Wildman–Crippen LogP) is 1.93. The van der Waals surface area contributed by atoms with Crippen molar-refractivity contribution in [2.75, 3.05) is 13.2 Å². The van der Waals surface area contributed by atoms with E-state index >= 15 is 0 Å². The molecule has 0 unspecified atom stereocenters. The summed E-state index contributed by atoms with van der Waals surface area (Å²) in [5.74, 6) is 0.608. The molecule has 3 nitrogen and oxygen atoms in total. The molecule has 0 atom stereocenters. The average molecular weight is 180 g/mol. The van der Waals surface area contributed by atoms with Crippen LogP contribution >= 0.6 is 0 Å². The molecule has 0 saturated heterocycles. The summed E-state index contributed by atoms with van der Waals surface area (Å²) < 4.78 is 10.1. The summed E-state index contributed by atoms with van der Waals surface area (Å²) >= 11 is 0. The molecule has 0 amide bonds. The van der Waals surface area contributed by atoms with Gasteiger partial charge in [-0.15, -0.1) is 0 Å². The second-order valence-electron chi connectivity index (χ2n) is 2.35. The zero-order chi connectivity index (χ0) is 9.52. The van der Waals surface area contributed by atoms with Crippen LogP contribution < -0.4 is 4.74 Å². The summed E-state index contributed by atoms with van der Waals surface area (Å²) in [7, 11) is 0. The molecule has 13 heavy (non-hydrogen) atoms. The second-order valence-corrected chi connectivity index (χ2v) is 2.35. The van der Waals surface area contributed by atoms with Gasteiger partial charge in [0.25, 0.3) is 0 Å². The second kappa shape index (κ2) is 5.09. The van der Waals surface area contributed by atoms with Crippen LogP contribution in [0.25, 0.3) is 0 Å². The Kier molecular flexibility index (Phi) is 3.70. The van der Waals surface area contributed by atoms with Gasteiger partial charge in [0.2, 0.25) is 0 Å². The van der Waals surface area contributed by atoms with Crippen molar-refractivity contribution in [1.82, 2.24) is 0 Å². The lowest BCUT2D eigenvalue weighted by molar-refractivity contribution is 0.176. The molecular weight excluding hydrogens is 168 g/mol. The van der Waals surface area contributed by atoms with Crippen LogP contribution in [0.5, 0.6) is 11.5 Å². The van der Waals surface area contributed by atoms with E-state index < -0.39 is 0 Å². The molecule has 0 radical (unpaired) electrons. The minimum atomic E-state index is 0.140. The first-order valence-corrected chi connectivity index (χ1v) is 3.98. The third-order valence-electron chi connectivity index (χ3n) is 1.44. The van der Waals surface area contributed by atoms with Crippen LogP contribution in [0.15, 0.2) is 37.1 Å². The fourth-order valence-electron chi connectivity index (χ4n) is 0.862. The predicted molar refractivity (Wildman–Crippen MR) is 49.8 cm³/mol. The maximum absolute atomic E-state index is 9.28. The lowest BCUT2D eigenvalue weighted by atomic mass is 10.3. The molecule has 1 N–H and O–H groups in total. The van der Waals surface area contributed by atoms with E-state index in [0.29, 0.717) is 19.0 Å². The molecule has 0 heterocycles. The van der Waals surface area contributed by atoms with Crippen LogP contribution in [0.4, 0.5) is 0 Å². The van der Waals surface area contributed by atoms with Gasteiger partial charge in [0.1, 0.15) is 13.2 Å². The number of ether oxygens (including phenoxy) is 2. The van der Waals surface area contributed by atoms with E-state index in [1.807, 2.05) is 0 Å². The molecule has 3 heteroatoms. The molecule has 0 spiro atoms. The zero-order valence-corrected chi connectivity index (χ0v) is 7.27. The van der Waals surface area contributed by atoms with Gasteiger partial charge < -0.3 is 14.6 Å². The molecular formula is C10H12O3. The molecule has 1 aromatic rings. The third kappa shape index (κ3) is 3.07. The Labute approximate surface area is 77.2 Å². The lowest BCUT2D eigenvalue weighted by Gasteiger charge is -2.06. The molecule has 0 saturated carbocycles. The van der Waals surface area contributed by atoms with E-state index in [4.69, 9.17) is 9.47 Å². The number of hydrogen-bond acceptors (Lipinski definition) is 3. The first-order valence-electron chi connectivity index (χ1n) is 3.98. The highest BCUT2D eigenvalue weighted by Crippen LogP contribution is 2.23. The van der Waals surface area contributed by atoms with E-state index in [0.717, 1.165) is 0 Å². The molecule has 0 fully saturated rings. The molecule has 0 aromatic heterocycles. The Bertz CT molecular complexity index is 271. The highest BCUT2D eigenvalue weighted by atomic mass is 16.5. The minimum absolute atomic E-state index is 0.140. The van der Waals surface area contributed by atoms with E-state index in [-0.39, 0.29) is 5.75 Å². The normalized spacial score (nSPS) is 9.23. The van der Waals surface area contributed by atoms with Gasteiger partial charge in [-0.25, -0.2) is 0 Å². The fraction of sp³-hybridized carbons (Fsp3) is 0.200. The van der Waals surface area contributed by atoms with Gasteiger partial charge in [-0.2, -0.15) is 0 Å². The summed E-state index contributed by atoms with van der Waals surface area (Å²) in [5.41, 5.74) is 0. The number of rotatable bonds is 5. The quantitative estimate of drug-likeness (QED) is 0.555. The van der Waals surface area contributed by atoms with E-state index in [1.165, 1.54) is 6.26 Å². The van der Waals surface area contributed by atoms with Crippen molar-refractivity contribution in [1.29, 1.82) is 0 Å². The van der Waals surface area contributed by atoms with Gasteiger partial charge in [-0.3, -0.25) is 0 Å². The molecule has 0 aliphatic rings. The first-order chi connectivity index (χ1) is 6.34. The Balaban J connectivity index is 2.36. The van der Waals surface area contributed by atoms with Crippen molar-refractivity contribution in [2.24, 2.45) is 0 Å². The van der Waals surface area contributed by atoms with Crippen molar-refractivity contribution >= 4 is 0 Å². The topological polar surface area (TPSA) is 38.7 Å². The van der Waals surface area contributed by atoms with Crippen molar-refractivity contribution in [3.63, 3.8) is 0 Å². The van der Waals surface area contributed by atoms with E-state index in [2.05, 4.69) is 6.58 Å². The Hall–Kier alpha value is -1.64. The van der Waals surface area contributed by atoms with Crippen LogP contribution in [0, 0.1) is 0 Å². The van der Waals surface area contributed by atoms with Crippen LogP contribution in [0.1, 0.15) is 0 Å². The number of hydrogen-bond donors (Lipinski definition) is 1. The van der Waals surface area contributed by atoms with Gasteiger partial charge in [-0.1, -0.05) is 18.7 Å². The molecule has 0 bridgehead atoms. The average Bonchev–Trinajstić information content (AvgIpc) is 2.15. The smallest absolute Gasteiger partial charge is 0.161 e. The van der Waals surface area contributed by atoms with Crippen LogP contribution in [-0.4, -0.2) is 18.3 Å². The van der Waals surface area contributed by atoms with Gasteiger partial charge in [0, 0.05) is 0 Å². The lowest BCUT2D eigenvalue weighted by Crippen LogP contribution is -2.03. The van der Waals surface area contributed by atoms with Gasteiger partial charge in [0.15, 0.2) is 11.5 Å². The third-order valence-corrected chi connectivity index (χ3v) is 1.44. The number of phenolic OH excluding ortho intramolecular Hbond substituents is 1. The summed E-state index contributed by atoms with van der Waals surface area (Å²) in [6, 6.07) is 6.80. The number of phenols is 1. The van der Waals surface area contributed by atoms with Crippen molar-refractivity contribution < 1.29 is 14.6 Å². The maximum Gasteiger partial charge on any atom is 0.161 e. The summed E-state index contributed by atoms with van der Waals surface area (Å²) in [6.45, 7) is 4.22. The van der Waals surface area contributed by atoms with Crippen molar-refractivity contribution in [3.8, 4) is 11.5 Å². The van der Waals surface area contributed by atoms with E-state index in [1.54, 1.807) is 24.3 Å². The maximum atomic E-state index is 9.28. The first kappa shape index (κ1) is 9.45. The van der Waals surface area contributed by atoms with Gasteiger partial charge in [0.05, 0.1) is 6.26 Å². The van der Waals surface area contributed by atoms with Crippen LogP contribution in [0.2, 0.25) is 0 Å². The highest BCUT2D eigenvalue weighted by molar-refractivity contribution is 5.37. The highest BCUT2D eigenvalue weighted by Gasteiger charge is 1.98. The number of benzene rings is 1. The SMILES string of the molecule is C=COCCOc1ccccc1O. The van der Waals surface area contributed by atoms with Crippen molar-refractivity contribution in [2.45, 2.75) is 0 Å². The summed E-state index contributed by atoms with van der Waals surface area (Å²) in [5, 5.41) is 9.28. The molecule has 0 aliphatic carbocycles. The molecule has 70 valence electrons. The number of aromatic hydroxyl groups is 1. The fourth-order valence-corrected chi connectivity index (χ4v) is 0.862. The molecule has 1 aromatic carbocycles. The monoisotopic (exact) mass is 180 g/mol. The number of para-hydroxylation sites is 2. The Morgan fingerprint density at radius 3 is 2.77 bits per heavy atom. The molecule has 0 aliphatic heterocycles. The minimum Gasteiger partial charge on any atom is -0.504 e. The standard InChI is InChI=1S/C10H12O3/c1-2-12-7-8-13-10-6-4-3-5-9(10)11/h2-6,11H,1,7-8H2. The van der Waals surface area contributed by atoms with Gasteiger partial charge >= 0.3 is 0 Å². The molecule has 1 rings (SSSR count). The van der Waals surface area contributed by atoms with Crippen molar-refractivity contribution in [3.05, 3.63) is 37.1 Å². The Morgan fingerprint density at radius 2 is 2.08 bits per heavy atom. The van der Waals surface area contributed by atoms with Crippen LogP contribution in [-0.2, 0) is 4.74 Å². The summed E-state index contributed by atoms with van der Waals surface area (Å²) in [4.78, 5) is 0. The largest absolute Gasteiger partial charge is 0.504 e. The zero-order valence-electron chi connectivity index (χ0n) is 7.27. The van der Waals surface area contributed by atoms with Gasteiger partial charge in [-0.05, 0) is 12.1 Å². The van der Waals surface area contributed by atoms with E-state index in [9.17, 15) is 5.11 Å². The van der Waals surface area contributed by atoms with Crippen LogP contribution in [0.3, 0.4) is 0 Å².